The molecule has 0 radical (unpaired) electrons. The fourth-order valence-electron chi connectivity index (χ4n) is 2.30. The van der Waals surface area contributed by atoms with Gasteiger partial charge in [-0.25, -0.2) is 4.98 Å². The maximum absolute atomic E-state index is 6.37. The van der Waals surface area contributed by atoms with Crippen molar-refractivity contribution in [1.29, 1.82) is 0 Å². The number of hydrogen-bond donors (Lipinski definition) is 1. The largest absolute Gasteiger partial charge is 0.319 e. The van der Waals surface area contributed by atoms with Gasteiger partial charge in [0.25, 0.3) is 0 Å². The van der Waals surface area contributed by atoms with E-state index in [1.54, 1.807) is 12.5 Å². The van der Waals surface area contributed by atoms with Gasteiger partial charge in [0.2, 0.25) is 0 Å². The van der Waals surface area contributed by atoms with E-state index < -0.39 is 0 Å². The molecule has 1 unspecified atom stereocenters. The Balaban J connectivity index is 2.05. The molecule has 0 fully saturated rings. The molecule has 100 valence electrons. The summed E-state index contributed by atoms with van der Waals surface area (Å²) in [5.41, 5.74) is 10.3. The minimum absolute atomic E-state index is 0.210. The van der Waals surface area contributed by atoms with Crippen LogP contribution in [0.3, 0.4) is 0 Å². The van der Waals surface area contributed by atoms with Gasteiger partial charge in [0.05, 0.1) is 35.6 Å². The molecule has 3 rings (SSSR count). The average molecular weight is 264 g/mol. The molecule has 0 saturated carbocycles. The number of imidazole rings is 1. The quantitative estimate of drug-likeness (QED) is 0.791. The van der Waals surface area contributed by atoms with Crippen LogP contribution in [0.5, 0.6) is 0 Å². The Bertz CT molecular complexity index is 703. The summed E-state index contributed by atoms with van der Waals surface area (Å²) in [6.07, 6.45) is 5.37. The number of aromatic nitrogens is 3. The van der Waals surface area contributed by atoms with Crippen molar-refractivity contribution in [1.82, 2.24) is 14.5 Å². The fraction of sp³-hybridized carbons (Fsp3) is 0.125. The molecule has 0 amide bonds. The van der Waals surface area contributed by atoms with Crippen molar-refractivity contribution in [3.8, 4) is 5.69 Å². The third-order valence-electron chi connectivity index (χ3n) is 3.38. The van der Waals surface area contributed by atoms with Crippen LogP contribution in [0.15, 0.2) is 61.2 Å². The van der Waals surface area contributed by atoms with Gasteiger partial charge in [-0.2, -0.15) is 0 Å². The molecule has 2 aromatic heterocycles. The molecule has 0 aliphatic heterocycles. The van der Waals surface area contributed by atoms with Crippen molar-refractivity contribution in [2.75, 3.05) is 0 Å². The summed E-state index contributed by atoms with van der Waals surface area (Å²) in [5.74, 6) is 0. The van der Waals surface area contributed by atoms with E-state index >= 15 is 0 Å². The highest BCUT2D eigenvalue weighted by molar-refractivity contribution is 5.39. The number of hydrogen-bond acceptors (Lipinski definition) is 3. The summed E-state index contributed by atoms with van der Waals surface area (Å²) in [6.45, 7) is 1.98. The maximum atomic E-state index is 6.37. The number of benzene rings is 1. The van der Waals surface area contributed by atoms with Gasteiger partial charge in [-0.15, -0.1) is 0 Å². The molecule has 0 bridgehead atoms. The van der Waals surface area contributed by atoms with Gasteiger partial charge in [0.1, 0.15) is 0 Å². The lowest BCUT2D eigenvalue weighted by molar-refractivity contribution is 0.789. The van der Waals surface area contributed by atoms with Crippen LogP contribution in [0.2, 0.25) is 0 Å². The maximum Gasteiger partial charge on any atom is 0.0995 e. The summed E-state index contributed by atoms with van der Waals surface area (Å²) >= 11 is 0. The van der Waals surface area contributed by atoms with E-state index in [0.717, 1.165) is 22.6 Å². The van der Waals surface area contributed by atoms with Gasteiger partial charge in [-0.3, -0.25) is 9.55 Å². The normalized spacial score (nSPS) is 12.3. The molecular weight excluding hydrogens is 248 g/mol. The van der Waals surface area contributed by atoms with Crippen molar-refractivity contribution in [3.63, 3.8) is 0 Å². The lowest BCUT2D eigenvalue weighted by Crippen LogP contribution is -2.16. The SMILES string of the molecule is Cc1ncccc1-n1cncc1C(N)c1ccccc1. The minimum atomic E-state index is -0.210. The summed E-state index contributed by atoms with van der Waals surface area (Å²) in [7, 11) is 0. The summed E-state index contributed by atoms with van der Waals surface area (Å²) in [4.78, 5) is 8.56. The second-order valence-electron chi connectivity index (χ2n) is 4.68. The molecule has 20 heavy (non-hydrogen) atoms. The second kappa shape index (κ2) is 5.27. The van der Waals surface area contributed by atoms with Crippen molar-refractivity contribution >= 4 is 0 Å². The predicted molar refractivity (Wildman–Crippen MR) is 78.6 cm³/mol. The van der Waals surface area contributed by atoms with Crippen LogP contribution >= 0.6 is 0 Å². The van der Waals surface area contributed by atoms with Gasteiger partial charge in [0, 0.05) is 6.20 Å². The van der Waals surface area contributed by atoms with Crippen molar-refractivity contribution < 1.29 is 0 Å². The van der Waals surface area contributed by atoms with Crippen LogP contribution < -0.4 is 5.73 Å². The Morgan fingerprint density at radius 2 is 1.90 bits per heavy atom. The Hall–Kier alpha value is -2.46. The first kappa shape index (κ1) is 12.6. The topological polar surface area (TPSA) is 56.7 Å². The van der Waals surface area contributed by atoms with Crippen molar-refractivity contribution in [2.45, 2.75) is 13.0 Å². The van der Waals surface area contributed by atoms with Gasteiger partial charge in [0.15, 0.2) is 0 Å². The Labute approximate surface area is 117 Å². The Kier molecular flexibility index (Phi) is 3.31. The number of pyridine rings is 1. The van der Waals surface area contributed by atoms with Gasteiger partial charge >= 0.3 is 0 Å². The van der Waals surface area contributed by atoms with E-state index in [1.807, 2.05) is 60.2 Å². The molecule has 1 aromatic carbocycles. The monoisotopic (exact) mass is 264 g/mol. The van der Waals surface area contributed by atoms with E-state index in [0.29, 0.717) is 0 Å². The lowest BCUT2D eigenvalue weighted by atomic mass is 10.1. The molecule has 0 saturated heterocycles. The highest BCUT2D eigenvalue weighted by atomic mass is 15.1. The molecule has 3 aromatic rings. The first-order valence-electron chi connectivity index (χ1n) is 6.52. The molecule has 1 atom stereocenters. The Morgan fingerprint density at radius 1 is 1.10 bits per heavy atom. The van der Waals surface area contributed by atoms with E-state index in [2.05, 4.69) is 9.97 Å². The van der Waals surface area contributed by atoms with Crippen molar-refractivity contribution in [2.24, 2.45) is 5.73 Å². The molecule has 4 heteroatoms. The summed E-state index contributed by atoms with van der Waals surface area (Å²) < 4.78 is 2.00. The van der Waals surface area contributed by atoms with Crippen LogP contribution in [0, 0.1) is 6.92 Å². The molecular formula is C16H16N4. The van der Waals surface area contributed by atoms with Gasteiger partial charge < -0.3 is 5.73 Å². The highest BCUT2D eigenvalue weighted by Crippen LogP contribution is 2.22. The first-order valence-corrected chi connectivity index (χ1v) is 6.52. The number of nitrogens with two attached hydrogens (primary N) is 1. The van der Waals surface area contributed by atoms with Crippen LogP contribution in [0.4, 0.5) is 0 Å². The van der Waals surface area contributed by atoms with E-state index in [1.165, 1.54) is 0 Å². The highest BCUT2D eigenvalue weighted by Gasteiger charge is 2.15. The summed E-state index contributed by atoms with van der Waals surface area (Å²) in [5, 5.41) is 0. The Morgan fingerprint density at radius 3 is 2.65 bits per heavy atom. The minimum Gasteiger partial charge on any atom is -0.319 e. The van der Waals surface area contributed by atoms with E-state index in [9.17, 15) is 0 Å². The van der Waals surface area contributed by atoms with Crippen LogP contribution in [-0.4, -0.2) is 14.5 Å². The fourth-order valence-corrected chi connectivity index (χ4v) is 2.30. The van der Waals surface area contributed by atoms with Crippen LogP contribution in [0.25, 0.3) is 5.69 Å². The zero-order valence-electron chi connectivity index (χ0n) is 11.3. The molecule has 2 N–H and O–H groups in total. The van der Waals surface area contributed by atoms with Gasteiger partial charge in [-0.05, 0) is 24.6 Å². The van der Waals surface area contributed by atoms with Crippen molar-refractivity contribution in [3.05, 3.63) is 78.1 Å². The standard InChI is InChI=1S/C16H16N4/c1-12-14(8-5-9-19-12)20-11-18-10-15(20)16(17)13-6-3-2-4-7-13/h2-11,16H,17H2,1H3. The van der Waals surface area contributed by atoms with E-state index in [4.69, 9.17) is 5.73 Å². The summed E-state index contributed by atoms with van der Waals surface area (Å²) in [6, 6.07) is 13.7. The number of nitrogens with zero attached hydrogens (tertiary/aromatic N) is 3. The lowest BCUT2D eigenvalue weighted by Gasteiger charge is -2.16. The first-order chi connectivity index (χ1) is 9.77. The smallest absolute Gasteiger partial charge is 0.0995 e. The molecule has 0 aliphatic carbocycles. The van der Waals surface area contributed by atoms with Crippen LogP contribution in [-0.2, 0) is 0 Å². The third kappa shape index (κ3) is 2.21. The number of aryl methyl sites for hydroxylation is 1. The van der Waals surface area contributed by atoms with Gasteiger partial charge in [-0.1, -0.05) is 30.3 Å². The second-order valence-corrected chi connectivity index (χ2v) is 4.68. The zero-order chi connectivity index (χ0) is 13.9. The molecule has 0 spiro atoms. The average Bonchev–Trinajstić information content (AvgIpc) is 2.97. The van der Waals surface area contributed by atoms with Crippen LogP contribution in [0.1, 0.15) is 23.0 Å². The third-order valence-corrected chi connectivity index (χ3v) is 3.38. The molecule has 4 nitrogen and oxygen atoms in total. The predicted octanol–water partition coefficient (Wildman–Crippen LogP) is 2.62. The zero-order valence-corrected chi connectivity index (χ0v) is 11.3. The molecule has 2 heterocycles. The van der Waals surface area contributed by atoms with E-state index in [-0.39, 0.29) is 6.04 Å². The number of rotatable bonds is 3. The molecule has 0 aliphatic rings.